The zero-order valence-electron chi connectivity index (χ0n) is 14.8. The van der Waals surface area contributed by atoms with Gasteiger partial charge in [0, 0.05) is 37.9 Å². The van der Waals surface area contributed by atoms with Crippen LogP contribution in [-0.4, -0.2) is 56.6 Å². The Morgan fingerprint density at radius 3 is 2.72 bits per heavy atom. The van der Waals surface area contributed by atoms with Gasteiger partial charge in [-0.05, 0) is 38.2 Å². The Labute approximate surface area is 149 Å². The van der Waals surface area contributed by atoms with Crippen LogP contribution in [0.4, 0.5) is 0 Å². The molecule has 3 aliphatic rings. The Kier molecular flexibility index (Phi) is 4.77. The minimum atomic E-state index is -0.147. The normalized spacial score (nSPS) is 28.1. The molecule has 0 spiro atoms. The van der Waals surface area contributed by atoms with Crippen LogP contribution >= 0.6 is 0 Å². The van der Waals surface area contributed by atoms with Crippen molar-refractivity contribution in [1.29, 1.82) is 0 Å². The van der Waals surface area contributed by atoms with Gasteiger partial charge in [-0.3, -0.25) is 14.3 Å². The highest BCUT2D eigenvalue weighted by Gasteiger charge is 2.41. The van der Waals surface area contributed by atoms with Gasteiger partial charge in [-0.25, -0.2) is 0 Å². The molecule has 2 aliphatic heterocycles. The maximum absolute atomic E-state index is 13.2. The summed E-state index contributed by atoms with van der Waals surface area (Å²) in [6.07, 6.45) is 12.0. The first-order valence-corrected chi connectivity index (χ1v) is 9.80. The lowest BCUT2D eigenvalue weighted by Gasteiger charge is -2.37. The van der Waals surface area contributed by atoms with Gasteiger partial charge in [-0.15, -0.1) is 0 Å². The molecule has 1 aromatic heterocycles. The van der Waals surface area contributed by atoms with Gasteiger partial charge in [0.15, 0.2) is 0 Å². The number of aromatic nitrogens is 2. The fourth-order valence-electron chi connectivity index (χ4n) is 4.81. The molecule has 3 heterocycles. The van der Waals surface area contributed by atoms with Crippen LogP contribution in [0, 0.1) is 5.92 Å². The van der Waals surface area contributed by atoms with Crippen molar-refractivity contribution >= 4 is 11.8 Å². The Hall–Kier alpha value is -1.85. The second-order valence-electron chi connectivity index (χ2n) is 7.79. The predicted molar refractivity (Wildman–Crippen MR) is 93.7 cm³/mol. The summed E-state index contributed by atoms with van der Waals surface area (Å²) in [5.41, 5.74) is 0. The van der Waals surface area contributed by atoms with E-state index in [1.54, 1.807) is 6.20 Å². The first-order valence-electron chi connectivity index (χ1n) is 9.80. The molecule has 25 heavy (non-hydrogen) atoms. The van der Waals surface area contributed by atoms with Crippen molar-refractivity contribution in [1.82, 2.24) is 19.6 Å². The maximum atomic E-state index is 13.2. The van der Waals surface area contributed by atoms with Gasteiger partial charge >= 0.3 is 0 Å². The molecule has 0 aromatic carbocycles. The average molecular weight is 344 g/mol. The molecule has 1 aliphatic carbocycles. The average Bonchev–Trinajstić information content (AvgIpc) is 3.36. The zero-order chi connectivity index (χ0) is 17.2. The summed E-state index contributed by atoms with van der Waals surface area (Å²) in [6, 6.07) is 2.51. The van der Waals surface area contributed by atoms with E-state index in [2.05, 4.69) is 5.10 Å². The van der Waals surface area contributed by atoms with Crippen LogP contribution in [0.25, 0.3) is 0 Å². The number of carbonyl (C=O) groups is 2. The highest BCUT2D eigenvalue weighted by atomic mass is 16.2. The van der Waals surface area contributed by atoms with Gasteiger partial charge in [0.1, 0.15) is 0 Å². The molecule has 1 saturated carbocycles. The molecule has 136 valence electrons. The van der Waals surface area contributed by atoms with E-state index in [0.29, 0.717) is 19.0 Å². The second kappa shape index (κ2) is 7.18. The lowest BCUT2D eigenvalue weighted by Crippen LogP contribution is -2.49. The molecule has 2 amide bonds. The summed E-state index contributed by atoms with van der Waals surface area (Å²) in [6.45, 7) is 2.21. The molecule has 3 fully saturated rings. The van der Waals surface area contributed by atoms with Gasteiger partial charge in [-0.1, -0.05) is 12.8 Å². The Bertz CT molecular complexity index is 609. The zero-order valence-corrected chi connectivity index (χ0v) is 14.8. The fraction of sp³-hybridized carbons (Fsp3) is 0.737. The lowest BCUT2D eigenvalue weighted by molar-refractivity contribution is -0.139. The standard InChI is InChI=1S/C19H28N4O2/c24-18-12-15(13-23(18)16-6-1-2-7-16)19(25)22-11-4-3-8-17(22)14-21-10-5-9-20-21/h5,9-10,15-17H,1-4,6-8,11-14H2/t15-,17-/m1/s1. The molecule has 0 N–H and O–H groups in total. The quantitative estimate of drug-likeness (QED) is 0.840. The van der Waals surface area contributed by atoms with Crippen LogP contribution in [-0.2, 0) is 16.1 Å². The topological polar surface area (TPSA) is 58.4 Å². The van der Waals surface area contributed by atoms with E-state index in [4.69, 9.17) is 0 Å². The van der Waals surface area contributed by atoms with Crippen molar-refractivity contribution in [2.75, 3.05) is 13.1 Å². The smallest absolute Gasteiger partial charge is 0.228 e. The molecule has 2 saturated heterocycles. The van der Waals surface area contributed by atoms with E-state index in [0.717, 1.165) is 45.2 Å². The molecule has 6 heteroatoms. The summed E-state index contributed by atoms with van der Waals surface area (Å²) < 4.78 is 1.92. The van der Waals surface area contributed by atoms with Crippen molar-refractivity contribution in [3.05, 3.63) is 18.5 Å². The molecule has 0 radical (unpaired) electrons. The SMILES string of the molecule is O=C1C[C@@H](C(=O)N2CCCC[C@@H]2Cn2cccn2)CN1C1CCCC1. The molecule has 1 aromatic rings. The highest BCUT2D eigenvalue weighted by Crippen LogP contribution is 2.31. The van der Waals surface area contributed by atoms with Crippen LogP contribution in [0.5, 0.6) is 0 Å². The molecular weight excluding hydrogens is 316 g/mol. The van der Waals surface area contributed by atoms with Crippen molar-refractivity contribution in [3.63, 3.8) is 0 Å². The van der Waals surface area contributed by atoms with E-state index in [-0.39, 0.29) is 23.8 Å². The largest absolute Gasteiger partial charge is 0.339 e. The molecule has 0 bridgehead atoms. The number of carbonyl (C=O) groups excluding carboxylic acids is 2. The fourth-order valence-corrected chi connectivity index (χ4v) is 4.81. The summed E-state index contributed by atoms with van der Waals surface area (Å²) in [4.78, 5) is 29.6. The van der Waals surface area contributed by atoms with Crippen molar-refractivity contribution in [2.45, 2.75) is 70.0 Å². The number of rotatable bonds is 4. The third-order valence-corrected chi connectivity index (χ3v) is 6.14. The third-order valence-electron chi connectivity index (χ3n) is 6.14. The van der Waals surface area contributed by atoms with Gasteiger partial charge in [-0.2, -0.15) is 5.10 Å². The monoisotopic (exact) mass is 344 g/mol. The third kappa shape index (κ3) is 3.44. The van der Waals surface area contributed by atoms with Gasteiger partial charge < -0.3 is 9.80 Å². The van der Waals surface area contributed by atoms with Gasteiger partial charge in [0.25, 0.3) is 0 Å². The maximum Gasteiger partial charge on any atom is 0.228 e. The van der Waals surface area contributed by atoms with Crippen LogP contribution in [0.1, 0.15) is 51.4 Å². The minimum absolute atomic E-state index is 0.147. The van der Waals surface area contributed by atoms with E-state index in [1.807, 2.05) is 26.7 Å². The van der Waals surface area contributed by atoms with Crippen LogP contribution < -0.4 is 0 Å². The van der Waals surface area contributed by atoms with Crippen molar-refractivity contribution in [2.24, 2.45) is 5.92 Å². The molecule has 4 rings (SSSR count). The Morgan fingerprint density at radius 1 is 1.16 bits per heavy atom. The van der Waals surface area contributed by atoms with E-state index < -0.39 is 0 Å². The summed E-state index contributed by atoms with van der Waals surface area (Å²) >= 11 is 0. The first kappa shape index (κ1) is 16.6. The van der Waals surface area contributed by atoms with E-state index in [1.165, 1.54) is 12.8 Å². The second-order valence-corrected chi connectivity index (χ2v) is 7.79. The first-order chi connectivity index (χ1) is 12.2. The number of piperidine rings is 1. The summed E-state index contributed by atoms with van der Waals surface area (Å²) in [5, 5.41) is 4.29. The predicted octanol–water partition coefficient (Wildman–Crippen LogP) is 2.06. The lowest BCUT2D eigenvalue weighted by atomic mass is 9.98. The van der Waals surface area contributed by atoms with E-state index in [9.17, 15) is 9.59 Å². The highest BCUT2D eigenvalue weighted by molar-refractivity contribution is 5.89. The number of nitrogens with zero attached hydrogens (tertiary/aromatic N) is 4. The molecule has 6 nitrogen and oxygen atoms in total. The van der Waals surface area contributed by atoms with Crippen LogP contribution in [0.3, 0.4) is 0 Å². The van der Waals surface area contributed by atoms with Crippen LogP contribution in [0.2, 0.25) is 0 Å². The molecular formula is C19H28N4O2. The number of hydrogen-bond donors (Lipinski definition) is 0. The molecule has 2 atom stereocenters. The van der Waals surface area contributed by atoms with Crippen molar-refractivity contribution in [3.8, 4) is 0 Å². The van der Waals surface area contributed by atoms with Gasteiger partial charge in [0.05, 0.1) is 18.5 Å². The number of amides is 2. The van der Waals surface area contributed by atoms with Gasteiger partial charge in [0.2, 0.25) is 11.8 Å². The van der Waals surface area contributed by atoms with Crippen LogP contribution in [0.15, 0.2) is 18.5 Å². The summed E-state index contributed by atoms with van der Waals surface area (Å²) in [7, 11) is 0. The van der Waals surface area contributed by atoms with Crippen molar-refractivity contribution < 1.29 is 9.59 Å². The number of hydrogen-bond acceptors (Lipinski definition) is 3. The Balaban J connectivity index is 1.42. The van der Waals surface area contributed by atoms with E-state index >= 15 is 0 Å². The minimum Gasteiger partial charge on any atom is -0.339 e. The summed E-state index contributed by atoms with van der Waals surface area (Å²) in [5.74, 6) is 0.225. The molecule has 0 unspecified atom stereocenters. The Morgan fingerprint density at radius 2 is 1.96 bits per heavy atom. The number of likely N-dealkylation sites (tertiary alicyclic amines) is 2.